The minimum atomic E-state index is 0.183. The molecule has 1 aromatic rings. The summed E-state index contributed by atoms with van der Waals surface area (Å²) in [5, 5.41) is 12.5. The first-order valence-corrected chi connectivity index (χ1v) is 8.42. The third kappa shape index (κ3) is 4.75. The number of hydrogen-bond acceptors (Lipinski definition) is 2. The summed E-state index contributed by atoms with van der Waals surface area (Å²) in [5.41, 5.74) is 1.41. The third-order valence-corrected chi connectivity index (χ3v) is 4.95. The zero-order chi connectivity index (χ0) is 16.2. The van der Waals surface area contributed by atoms with Gasteiger partial charge in [0.2, 0.25) is 5.91 Å². The van der Waals surface area contributed by atoms with Crippen molar-refractivity contribution < 1.29 is 9.90 Å². The Hall–Kier alpha value is -1.51. The predicted molar refractivity (Wildman–Crippen MR) is 89.7 cm³/mol. The smallest absolute Gasteiger partial charge is 0.223 e. The molecule has 1 aliphatic carbocycles. The highest BCUT2D eigenvalue weighted by molar-refractivity contribution is 5.78. The number of carbonyl (C=O) groups excluding carboxylic acids is 1. The summed E-state index contributed by atoms with van der Waals surface area (Å²) in [6, 6.07) is 7.22. The number of benzene rings is 1. The average Bonchev–Trinajstić information content (AvgIpc) is 2.46. The second-order valence-electron chi connectivity index (χ2n) is 7.63. The number of rotatable bonds is 4. The van der Waals surface area contributed by atoms with Crippen molar-refractivity contribution in [1.29, 1.82) is 0 Å². The Labute approximate surface area is 134 Å². The van der Waals surface area contributed by atoms with E-state index < -0.39 is 0 Å². The number of phenolic OH excluding ortho intramolecular Hbond substituents is 1. The van der Waals surface area contributed by atoms with E-state index in [-0.39, 0.29) is 17.6 Å². The topological polar surface area (TPSA) is 49.3 Å². The zero-order valence-electron chi connectivity index (χ0n) is 14.1. The van der Waals surface area contributed by atoms with E-state index in [9.17, 15) is 9.90 Å². The number of aromatic hydroxyl groups is 1. The molecule has 0 atom stereocenters. The van der Waals surface area contributed by atoms with Gasteiger partial charge in [0.05, 0.1) is 0 Å². The van der Waals surface area contributed by atoms with Gasteiger partial charge in [-0.15, -0.1) is 0 Å². The lowest BCUT2D eigenvalue weighted by Gasteiger charge is -2.36. The third-order valence-electron chi connectivity index (χ3n) is 4.95. The maximum Gasteiger partial charge on any atom is 0.223 e. The van der Waals surface area contributed by atoms with Crippen molar-refractivity contribution in [3.8, 4) is 5.75 Å². The van der Waals surface area contributed by atoms with Crippen LogP contribution in [0, 0.1) is 17.3 Å². The summed E-state index contributed by atoms with van der Waals surface area (Å²) in [6.45, 7) is 7.54. The minimum absolute atomic E-state index is 0.183. The number of carbonyl (C=O) groups is 1. The Kier molecular flexibility index (Phi) is 5.49. The van der Waals surface area contributed by atoms with E-state index in [2.05, 4.69) is 26.1 Å². The van der Waals surface area contributed by atoms with Crippen LogP contribution in [-0.4, -0.2) is 17.6 Å². The van der Waals surface area contributed by atoms with E-state index in [4.69, 9.17) is 0 Å². The quantitative estimate of drug-likeness (QED) is 0.886. The fourth-order valence-corrected chi connectivity index (χ4v) is 3.41. The number of nitrogens with one attached hydrogen (secondary N) is 1. The van der Waals surface area contributed by atoms with Gasteiger partial charge in [-0.1, -0.05) is 32.9 Å². The van der Waals surface area contributed by atoms with Crippen LogP contribution >= 0.6 is 0 Å². The van der Waals surface area contributed by atoms with Crippen molar-refractivity contribution >= 4 is 5.91 Å². The van der Waals surface area contributed by atoms with Gasteiger partial charge in [0.25, 0.3) is 0 Å². The lowest BCUT2D eigenvalue weighted by Crippen LogP contribution is -2.36. The Morgan fingerprint density at radius 3 is 2.50 bits per heavy atom. The number of hydrogen-bond donors (Lipinski definition) is 2. The van der Waals surface area contributed by atoms with Gasteiger partial charge in [-0.2, -0.15) is 0 Å². The Morgan fingerprint density at radius 1 is 1.23 bits per heavy atom. The van der Waals surface area contributed by atoms with E-state index in [1.165, 1.54) is 0 Å². The molecule has 1 aliphatic rings. The molecule has 0 bridgehead atoms. The molecule has 0 aromatic heterocycles. The van der Waals surface area contributed by atoms with Crippen molar-refractivity contribution in [2.45, 2.75) is 52.9 Å². The largest absolute Gasteiger partial charge is 0.508 e. The molecule has 2 N–H and O–H groups in total. The van der Waals surface area contributed by atoms with Gasteiger partial charge >= 0.3 is 0 Å². The van der Waals surface area contributed by atoms with Crippen molar-refractivity contribution in [3.63, 3.8) is 0 Å². The zero-order valence-corrected chi connectivity index (χ0v) is 14.1. The first-order valence-electron chi connectivity index (χ1n) is 8.42. The molecule has 0 heterocycles. The van der Waals surface area contributed by atoms with E-state index >= 15 is 0 Å². The van der Waals surface area contributed by atoms with Crippen LogP contribution in [0.15, 0.2) is 24.3 Å². The molecular weight excluding hydrogens is 274 g/mol. The molecule has 0 radical (unpaired) electrons. The SMILES string of the molecule is CC(C)(C)C1CCC(C(=O)NCCc2cccc(O)c2)CC1. The van der Waals surface area contributed by atoms with Crippen LogP contribution in [0.5, 0.6) is 5.75 Å². The van der Waals surface area contributed by atoms with Gasteiger partial charge in [0.15, 0.2) is 0 Å². The van der Waals surface area contributed by atoms with Crippen LogP contribution in [0.25, 0.3) is 0 Å². The molecule has 0 unspecified atom stereocenters. The second kappa shape index (κ2) is 7.17. The van der Waals surface area contributed by atoms with Crippen LogP contribution in [0.3, 0.4) is 0 Å². The predicted octanol–water partition coefficient (Wildman–Crippen LogP) is 3.90. The van der Waals surface area contributed by atoms with Gasteiger partial charge in [0.1, 0.15) is 5.75 Å². The minimum Gasteiger partial charge on any atom is -0.508 e. The van der Waals surface area contributed by atoms with Crippen molar-refractivity contribution in [2.75, 3.05) is 6.54 Å². The second-order valence-corrected chi connectivity index (χ2v) is 7.63. The maximum absolute atomic E-state index is 12.3. The van der Waals surface area contributed by atoms with Gasteiger partial charge < -0.3 is 10.4 Å². The fraction of sp³-hybridized carbons (Fsp3) is 0.632. The molecule has 122 valence electrons. The summed E-state index contributed by atoms with van der Waals surface area (Å²) in [5.74, 6) is 1.41. The molecule has 1 fully saturated rings. The molecule has 2 rings (SSSR count). The highest BCUT2D eigenvalue weighted by Crippen LogP contribution is 2.39. The lowest BCUT2D eigenvalue weighted by atomic mass is 9.69. The normalized spacial score (nSPS) is 22.3. The molecule has 22 heavy (non-hydrogen) atoms. The van der Waals surface area contributed by atoms with Gasteiger partial charge in [-0.3, -0.25) is 4.79 Å². The molecule has 3 nitrogen and oxygen atoms in total. The molecule has 3 heteroatoms. The van der Waals surface area contributed by atoms with Gasteiger partial charge in [0, 0.05) is 12.5 Å². The average molecular weight is 303 g/mol. The first-order chi connectivity index (χ1) is 10.4. The molecule has 1 aromatic carbocycles. The maximum atomic E-state index is 12.3. The van der Waals surface area contributed by atoms with E-state index in [0.29, 0.717) is 12.0 Å². The summed E-state index contributed by atoms with van der Waals surface area (Å²) in [7, 11) is 0. The molecule has 0 saturated heterocycles. The highest BCUT2D eigenvalue weighted by atomic mass is 16.3. The summed E-state index contributed by atoms with van der Waals surface area (Å²) < 4.78 is 0. The van der Waals surface area contributed by atoms with Crippen molar-refractivity contribution in [3.05, 3.63) is 29.8 Å². The molecule has 1 amide bonds. The van der Waals surface area contributed by atoms with Gasteiger partial charge in [-0.05, 0) is 61.1 Å². The number of amides is 1. The summed E-state index contributed by atoms with van der Waals surface area (Å²) >= 11 is 0. The highest BCUT2D eigenvalue weighted by Gasteiger charge is 2.32. The Balaban J connectivity index is 1.72. The summed E-state index contributed by atoms with van der Waals surface area (Å²) in [4.78, 5) is 12.3. The monoisotopic (exact) mass is 303 g/mol. The first kappa shape index (κ1) is 16.9. The van der Waals surface area contributed by atoms with E-state index in [0.717, 1.165) is 43.6 Å². The molecule has 0 spiro atoms. The molecular formula is C19H29NO2. The Bertz CT molecular complexity index is 496. The van der Waals surface area contributed by atoms with E-state index in [1.807, 2.05) is 12.1 Å². The van der Waals surface area contributed by atoms with Crippen LogP contribution in [0.4, 0.5) is 0 Å². The van der Waals surface area contributed by atoms with Crippen LogP contribution in [0.1, 0.15) is 52.0 Å². The fourth-order valence-electron chi connectivity index (χ4n) is 3.41. The molecule has 1 saturated carbocycles. The Morgan fingerprint density at radius 2 is 1.91 bits per heavy atom. The van der Waals surface area contributed by atoms with E-state index in [1.54, 1.807) is 12.1 Å². The van der Waals surface area contributed by atoms with Crippen LogP contribution in [-0.2, 0) is 11.2 Å². The lowest BCUT2D eigenvalue weighted by molar-refractivity contribution is -0.126. The molecule has 0 aliphatic heterocycles. The standard InChI is InChI=1S/C19H29NO2/c1-19(2,3)16-9-7-15(8-10-16)18(22)20-12-11-14-5-4-6-17(21)13-14/h4-6,13,15-16,21H,7-12H2,1-3H3,(H,20,22). The van der Waals surface area contributed by atoms with Crippen molar-refractivity contribution in [1.82, 2.24) is 5.32 Å². The van der Waals surface area contributed by atoms with Gasteiger partial charge in [-0.25, -0.2) is 0 Å². The van der Waals surface area contributed by atoms with Crippen LogP contribution < -0.4 is 5.32 Å². The van der Waals surface area contributed by atoms with Crippen molar-refractivity contribution in [2.24, 2.45) is 17.3 Å². The number of phenols is 1. The summed E-state index contributed by atoms with van der Waals surface area (Å²) in [6.07, 6.45) is 5.11. The van der Waals surface area contributed by atoms with Crippen LogP contribution in [0.2, 0.25) is 0 Å².